The SMILES string of the molecule is COCC(=O)Nc1ccc(N2C(=S)NC(c3ccccn3)C2c2ccc(C)n2-c2ccc(OC)cc2)cc1C. The summed E-state index contributed by atoms with van der Waals surface area (Å²) in [7, 11) is 3.16. The minimum Gasteiger partial charge on any atom is -0.497 e. The maximum Gasteiger partial charge on any atom is 0.250 e. The molecule has 0 aliphatic carbocycles. The largest absolute Gasteiger partial charge is 0.497 e. The number of aromatic nitrogens is 2. The summed E-state index contributed by atoms with van der Waals surface area (Å²) in [5.41, 5.74) is 6.65. The number of nitrogens with one attached hydrogen (secondary N) is 2. The number of carbonyl (C=O) groups excluding carboxylic acids is 1. The summed E-state index contributed by atoms with van der Waals surface area (Å²) in [6, 6.07) is 23.7. The van der Waals surface area contributed by atoms with Crippen molar-refractivity contribution in [1.29, 1.82) is 0 Å². The average molecular weight is 542 g/mol. The predicted octanol–water partition coefficient (Wildman–Crippen LogP) is 5.26. The molecule has 200 valence electrons. The van der Waals surface area contributed by atoms with E-state index in [1.54, 1.807) is 13.3 Å². The minimum atomic E-state index is -0.201. The Balaban J connectivity index is 1.61. The Hall–Kier alpha value is -4.21. The second-order valence-electron chi connectivity index (χ2n) is 9.41. The minimum absolute atomic E-state index is 0.00312. The molecule has 5 rings (SSSR count). The number of amides is 1. The van der Waals surface area contributed by atoms with Gasteiger partial charge >= 0.3 is 0 Å². The van der Waals surface area contributed by atoms with Crippen molar-refractivity contribution < 1.29 is 14.3 Å². The molecule has 2 unspecified atom stereocenters. The number of hydrogen-bond donors (Lipinski definition) is 2. The third kappa shape index (κ3) is 5.23. The Labute approximate surface area is 233 Å². The van der Waals surface area contributed by atoms with Gasteiger partial charge in [-0.3, -0.25) is 9.78 Å². The second kappa shape index (κ2) is 11.3. The van der Waals surface area contributed by atoms with Crippen molar-refractivity contribution in [2.24, 2.45) is 0 Å². The molecule has 4 aromatic rings. The Bertz CT molecular complexity index is 1490. The maximum absolute atomic E-state index is 12.1. The van der Waals surface area contributed by atoms with Crippen molar-refractivity contribution >= 4 is 34.6 Å². The lowest BCUT2D eigenvalue weighted by Gasteiger charge is -2.30. The van der Waals surface area contributed by atoms with E-state index in [2.05, 4.69) is 56.3 Å². The summed E-state index contributed by atoms with van der Waals surface area (Å²) in [6.45, 7) is 4.06. The van der Waals surface area contributed by atoms with Gasteiger partial charge in [-0.2, -0.15) is 0 Å². The zero-order valence-electron chi connectivity index (χ0n) is 22.3. The van der Waals surface area contributed by atoms with Gasteiger partial charge < -0.3 is 29.6 Å². The molecular formula is C30H31N5O3S. The number of ether oxygens (including phenoxy) is 2. The van der Waals surface area contributed by atoms with E-state index in [-0.39, 0.29) is 24.6 Å². The molecule has 9 heteroatoms. The highest BCUT2D eigenvalue weighted by Crippen LogP contribution is 2.43. The Morgan fingerprint density at radius 3 is 2.46 bits per heavy atom. The van der Waals surface area contributed by atoms with Gasteiger partial charge in [-0.25, -0.2) is 0 Å². The number of pyridine rings is 1. The third-order valence-electron chi connectivity index (χ3n) is 6.88. The summed E-state index contributed by atoms with van der Waals surface area (Å²) in [5, 5.41) is 7.04. The Morgan fingerprint density at radius 1 is 1.03 bits per heavy atom. The fraction of sp³-hybridized carbons (Fsp3) is 0.233. The van der Waals surface area contributed by atoms with Crippen LogP contribution in [0.3, 0.4) is 0 Å². The summed E-state index contributed by atoms with van der Waals surface area (Å²) >= 11 is 5.93. The van der Waals surface area contributed by atoms with Crippen LogP contribution in [0.25, 0.3) is 5.69 Å². The van der Waals surface area contributed by atoms with Gasteiger partial charge in [0.1, 0.15) is 18.4 Å². The van der Waals surface area contributed by atoms with Crippen LogP contribution in [-0.2, 0) is 9.53 Å². The van der Waals surface area contributed by atoms with E-state index in [0.29, 0.717) is 5.11 Å². The first-order valence-corrected chi connectivity index (χ1v) is 13.0. The number of rotatable bonds is 8. The highest BCUT2D eigenvalue weighted by Gasteiger charge is 2.42. The first-order chi connectivity index (χ1) is 18.9. The van der Waals surface area contributed by atoms with Crippen molar-refractivity contribution in [3.63, 3.8) is 0 Å². The normalized spacial score (nSPS) is 16.7. The molecule has 0 saturated carbocycles. The number of hydrogen-bond acceptors (Lipinski definition) is 5. The lowest BCUT2D eigenvalue weighted by molar-refractivity contribution is -0.119. The monoisotopic (exact) mass is 541 g/mol. The van der Waals surface area contributed by atoms with Crippen LogP contribution in [0.1, 0.15) is 34.7 Å². The van der Waals surface area contributed by atoms with Gasteiger partial charge in [-0.05, 0) is 98.4 Å². The van der Waals surface area contributed by atoms with Crippen LogP contribution in [0.15, 0.2) is 79.0 Å². The van der Waals surface area contributed by atoms with E-state index in [4.69, 9.17) is 21.7 Å². The summed E-state index contributed by atoms with van der Waals surface area (Å²) < 4.78 is 12.6. The Kier molecular flexibility index (Phi) is 7.63. The quantitative estimate of drug-likeness (QED) is 0.295. The van der Waals surface area contributed by atoms with Crippen LogP contribution < -0.4 is 20.3 Å². The molecule has 2 N–H and O–H groups in total. The van der Waals surface area contributed by atoms with E-state index in [9.17, 15) is 4.79 Å². The first kappa shape index (κ1) is 26.4. The lowest BCUT2D eigenvalue weighted by atomic mass is 10.00. The molecule has 1 aliphatic rings. The highest BCUT2D eigenvalue weighted by molar-refractivity contribution is 7.80. The molecule has 0 radical (unpaired) electrons. The summed E-state index contributed by atoms with van der Waals surface area (Å²) in [5.74, 6) is 0.600. The molecule has 2 aromatic carbocycles. The number of anilines is 2. The standard InChI is InChI=1S/C30H31N5O3S/c1-19-17-22(11-14-24(19)32-27(36)18-37-3)35-29(28(33-30(35)39)25-7-5-6-16-31-25)26-15-8-20(2)34(26)21-9-12-23(38-4)13-10-21/h5-17,28-29H,18H2,1-4H3,(H,32,36)(H,33,39). The fourth-order valence-electron chi connectivity index (χ4n) is 5.06. The molecule has 1 fully saturated rings. The smallest absolute Gasteiger partial charge is 0.250 e. The summed E-state index contributed by atoms with van der Waals surface area (Å²) in [6.07, 6.45) is 1.80. The van der Waals surface area contributed by atoms with Crippen LogP contribution >= 0.6 is 12.2 Å². The van der Waals surface area contributed by atoms with Gasteiger partial charge in [-0.15, -0.1) is 0 Å². The molecule has 1 amide bonds. The van der Waals surface area contributed by atoms with Crippen molar-refractivity contribution in [2.75, 3.05) is 31.0 Å². The van der Waals surface area contributed by atoms with Crippen molar-refractivity contribution in [3.05, 3.63) is 102 Å². The average Bonchev–Trinajstić information content (AvgIpc) is 3.49. The number of methoxy groups -OCH3 is 2. The first-order valence-electron chi connectivity index (χ1n) is 12.6. The third-order valence-corrected chi connectivity index (χ3v) is 7.19. The molecule has 1 saturated heterocycles. The molecule has 39 heavy (non-hydrogen) atoms. The van der Waals surface area contributed by atoms with Crippen molar-refractivity contribution in [3.8, 4) is 11.4 Å². The van der Waals surface area contributed by atoms with E-state index < -0.39 is 0 Å². The molecule has 2 atom stereocenters. The van der Waals surface area contributed by atoms with Gasteiger partial charge in [0.15, 0.2) is 5.11 Å². The maximum atomic E-state index is 12.1. The van der Waals surface area contributed by atoms with Gasteiger partial charge in [-0.1, -0.05) is 6.07 Å². The second-order valence-corrected chi connectivity index (χ2v) is 9.80. The topological polar surface area (TPSA) is 80.7 Å². The predicted molar refractivity (Wildman–Crippen MR) is 157 cm³/mol. The van der Waals surface area contributed by atoms with E-state index in [0.717, 1.165) is 45.5 Å². The van der Waals surface area contributed by atoms with Crippen LogP contribution in [0.4, 0.5) is 11.4 Å². The molecule has 3 heterocycles. The van der Waals surface area contributed by atoms with Gasteiger partial charge in [0, 0.05) is 41.8 Å². The molecule has 0 spiro atoms. The van der Waals surface area contributed by atoms with Gasteiger partial charge in [0.2, 0.25) is 5.91 Å². The molecule has 8 nitrogen and oxygen atoms in total. The fourth-order valence-corrected chi connectivity index (χ4v) is 5.41. The van der Waals surface area contributed by atoms with Crippen LogP contribution in [0.5, 0.6) is 5.75 Å². The van der Waals surface area contributed by atoms with Gasteiger partial charge in [0.05, 0.1) is 18.8 Å². The highest BCUT2D eigenvalue weighted by atomic mass is 32.1. The van der Waals surface area contributed by atoms with Crippen molar-refractivity contribution in [2.45, 2.75) is 25.9 Å². The van der Waals surface area contributed by atoms with Gasteiger partial charge in [0.25, 0.3) is 0 Å². The molecule has 0 bridgehead atoms. The van der Waals surface area contributed by atoms with E-state index in [1.807, 2.05) is 55.5 Å². The van der Waals surface area contributed by atoms with Crippen molar-refractivity contribution in [1.82, 2.24) is 14.9 Å². The molecule has 2 aromatic heterocycles. The number of thiocarbonyl (C=S) groups is 1. The van der Waals surface area contributed by atoms with Crippen LogP contribution in [-0.4, -0.2) is 41.4 Å². The number of nitrogens with zero attached hydrogens (tertiary/aromatic N) is 3. The van der Waals surface area contributed by atoms with Crippen LogP contribution in [0, 0.1) is 13.8 Å². The number of carbonyl (C=O) groups is 1. The molecular weight excluding hydrogens is 510 g/mol. The lowest BCUT2D eigenvalue weighted by Crippen LogP contribution is -2.30. The van der Waals surface area contributed by atoms with Crippen LogP contribution in [0.2, 0.25) is 0 Å². The summed E-state index contributed by atoms with van der Waals surface area (Å²) in [4.78, 5) is 18.9. The zero-order chi connectivity index (χ0) is 27.5. The number of benzene rings is 2. The number of aryl methyl sites for hydroxylation is 2. The van der Waals surface area contributed by atoms with E-state index >= 15 is 0 Å². The Morgan fingerprint density at radius 2 is 1.79 bits per heavy atom. The van der Waals surface area contributed by atoms with E-state index in [1.165, 1.54) is 7.11 Å². The zero-order valence-corrected chi connectivity index (χ0v) is 23.2. The molecule has 1 aliphatic heterocycles.